The van der Waals surface area contributed by atoms with Crippen LogP contribution >= 0.6 is 0 Å². The minimum atomic E-state index is -1.23. The standard InChI is InChI=1S/C36H46O8/c1-18-12-13-34-17-24(43-29(41)19-10-8-7-9-11-19)32(5)23(36(34,44-34)33(18,6)42)14-21(37)27-31(32,4)16-22(38)26-30(2,3)28(40)25(39)20-15-35(20,26)27/h7-11,14,18,20-22,24-27,37-39,42H,12-13,15-17H2,1-6H3. The zero-order valence-electron chi connectivity index (χ0n) is 26.5. The molecule has 1 spiro atoms. The molecule has 1 aromatic carbocycles. The predicted molar refractivity (Wildman–Crippen MR) is 159 cm³/mol. The van der Waals surface area contributed by atoms with Crippen molar-refractivity contribution in [1.82, 2.24) is 0 Å². The molecular formula is C36H46O8. The van der Waals surface area contributed by atoms with Crippen molar-refractivity contribution < 1.29 is 39.5 Å². The number of epoxide rings is 1. The Morgan fingerprint density at radius 1 is 0.977 bits per heavy atom. The van der Waals surface area contributed by atoms with Crippen LogP contribution in [0.2, 0.25) is 0 Å². The van der Waals surface area contributed by atoms with Gasteiger partial charge in [-0.1, -0.05) is 58.9 Å². The Morgan fingerprint density at radius 2 is 1.66 bits per heavy atom. The molecule has 44 heavy (non-hydrogen) atoms. The van der Waals surface area contributed by atoms with Crippen molar-refractivity contribution >= 4 is 11.8 Å². The van der Waals surface area contributed by atoms with Crippen LogP contribution < -0.4 is 0 Å². The van der Waals surface area contributed by atoms with Gasteiger partial charge in [-0.15, -0.1) is 0 Å². The van der Waals surface area contributed by atoms with Crippen LogP contribution in [-0.2, 0) is 14.3 Å². The molecule has 14 atom stereocenters. The molecule has 1 saturated heterocycles. The number of rotatable bonds is 2. The molecule has 8 rings (SSSR count). The summed E-state index contributed by atoms with van der Waals surface area (Å²) >= 11 is 0. The van der Waals surface area contributed by atoms with Crippen LogP contribution in [0.5, 0.6) is 0 Å². The lowest BCUT2D eigenvalue weighted by Gasteiger charge is -2.69. The first-order chi connectivity index (χ1) is 20.5. The Labute approximate surface area is 258 Å². The highest BCUT2D eigenvalue weighted by molar-refractivity contribution is 5.91. The zero-order valence-corrected chi connectivity index (χ0v) is 26.5. The van der Waals surface area contributed by atoms with Crippen molar-refractivity contribution in [2.24, 2.45) is 45.3 Å². The van der Waals surface area contributed by atoms with Crippen molar-refractivity contribution in [2.45, 2.75) is 115 Å². The number of ketones is 1. The smallest absolute Gasteiger partial charge is 0.338 e. The molecule has 7 aliphatic rings. The third kappa shape index (κ3) is 2.92. The maximum Gasteiger partial charge on any atom is 0.338 e. The van der Waals surface area contributed by atoms with Gasteiger partial charge in [-0.3, -0.25) is 4.79 Å². The number of Topliss-reactive ketones (excluding diaryl/α,β-unsaturated/α-hetero) is 1. The largest absolute Gasteiger partial charge is 0.458 e. The lowest BCUT2D eigenvalue weighted by atomic mass is 9.35. The van der Waals surface area contributed by atoms with Crippen LogP contribution in [0.1, 0.15) is 84.0 Å². The van der Waals surface area contributed by atoms with Gasteiger partial charge in [0.2, 0.25) is 0 Å². The molecule has 0 radical (unpaired) electrons. The molecule has 0 amide bonds. The van der Waals surface area contributed by atoms with Gasteiger partial charge >= 0.3 is 5.97 Å². The van der Waals surface area contributed by atoms with Gasteiger partial charge in [-0.2, -0.15) is 0 Å². The van der Waals surface area contributed by atoms with E-state index in [0.717, 1.165) is 12.0 Å². The lowest BCUT2D eigenvalue weighted by Crippen LogP contribution is -2.73. The van der Waals surface area contributed by atoms with Gasteiger partial charge in [-0.05, 0) is 73.0 Å². The molecule has 4 N–H and O–H groups in total. The van der Waals surface area contributed by atoms with Gasteiger partial charge in [0, 0.05) is 29.1 Å². The number of aliphatic hydroxyl groups excluding tert-OH is 3. The molecule has 0 bridgehead atoms. The first kappa shape index (κ1) is 29.3. The fraction of sp³-hybridized carbons (Fsp3) is 0.722. The summed E-state index contributed by atoms with van der Waals surface area (Å²) in [5.41, 5.74) is -5.23. The van der Waals surface area contributed by atoms with Crippen molar-refractivity contribution in [3.05, 3.63) is 47.5 Å². The Hall–Kier alpha value is -2.10. The van der Waals surface area contributed by atoms with Gasteiger partial charge in [-0.25, -0.2) is 4.79 Å². The molecule has 1 heterocycles. The van der Waals surface area contributed by atoms with Gasteiger partial charge in [0.1, 0.15) is 29.0 Å². The highest BCUT2D eigenvalue weighted by Gasteiger charge is 2.90. The second-order valence-electron chi connectivity index (χ2n) is 16.7. The van der Waals surface area contributed by atoms with Crippen LogP contribution in [0.3, 0.4) is 0 Å². The third-order valence-electron chi connectivity index (χ3n) is 14.9. The first-order valence-corrected chi connectivity index (χ1v) is 16.5. The minimum Gasteiger partial charge on any atom is -0.458 e. The summed E-state index contributed by atoms with van der Waals surface area (Å²) in [4.78, 5) is 27.1. The fourth-order valence-electron chi connectivity index (χ4n) is 12.6. The minimum absolute atomic E-state index is 0.0672. The van der Waals surface area contributed by atoms with Gasteiger partial charge in [0.15, 0.2) is 5.78 Å². The number of hydrogen-bond donors (Lipinski definition) is 4. The molecule has 1 aliphatic heterocycles. The van der Waals surface area contributed by atoms with E-state index in [4.69, 9.17) is 9.47 Å². The van der Waals surface area contributed by atoms with Crippen molar-refractivity contribution in [3.63, 3.8) is 0 Å². The molecule has 14 unspecified atom stereocenters. The number of ether oxygens (including phenoxy) is 2. The SMILES string of the molecule is CC1CCC23CC(OC(=O)c4ccccc4)C4(C)C(=CC(O)C5C67CC6C(O)C(=O)C(C)(C)C7C(O)CC54C)C2(O3)C1(C)O. The van der Waals surface area contributed by atoms with E-state index in [1.165, 1.54) is 0 Å². The molecule has 6 fully saturated rings. The zero-order chi connectivity index (χ0) is 31.6. The number of esters is 1. The molecule has 0 aromatic heterocycles. The molecule has 5 saturated carbocycles. The summed E-state index contributed by atoms with van der Waals surface area (Å²) in [6.45, 7) is 11.7. The number of benzene rings is 1. The van der Waals surface area contributed by atoms with E-state index in [-0.39, 0.29) is 24.0 Å². The van der Waals surface area contributed by atoms with E-state index in [0.29, 0.717) is 24.8 Å². The Balaban J connectivity index is 1.33. The molecule has 238 valence electrons. The van der Waals surface area contributed by atoms with Crippen LogP contribution in [0.25, 0.3) is 0 Å². The second kappa shape index (κ2) is 8.24. The van der Waals surface area contributed by atoms with Crippen molar-refractivity contribution in [1.29, 1.82) is 0 Å². The highest BCUT2D eigenvalue weighted by Crippen LogP contribution is 2.85. The van der Waals surface area contributed by atoms with E-state index >= 15 is 0 Å². The van der Waals surface area contributed by atoms with E-state index in [2.05, 4.69) is 13.8 Å². The van der Waals surface area contributed by atoms with E-state index in [1.807, 2.05) is 39.8 Å². The van der Waals surface area contributed by atoms with E-state index in [9.17, 15) is 30.0 Å². The molecule has 1 aromatic rings. The lowest BCUT2D eigenvalue weighted by molar-refractivity contribution is -0.234. The number of carbonyl (C=O) groups excluding carboxylic acids is 2. The molecule has 8 nitrogen and oxygen atoms in total. The number of fused-ring (bicyclic) bond motifs is 3. The van der Waals surface area contributed by atoms with Crippen molar-refractivity contribution in [2.75, 3.05) is 0 Å². The molecule has 8 heteroatoms. The van der Waals surface area contributed by atoms with Gasteiger partial charge < -0.3 is 29.9 Å². The van der Waals surface area contributed by atoms with Crippen LogP contribution in [0, 0.1) is 45.3 Å². The van der Waals surface area contributed by atoms with Crippen LogP contribution in [0.4, 0.5) is 0 Å². The fourth-order valence-corrected chi connectivity index (χ4v) is 12.6. The monoisotopic (exact) mass is 606 g/mol. The van der Waals surface area contributed by atoms with Gasteiger partial charge in [0.05, 0.1) is 17.8 Å². The average Bonchev–Trinajstić information content (AvgIpc) is 3.85. The van der Waals surface area contributed by atoms with Crippen LogP contribution in [0.15, 0.2) is 42.0 Å². The Morgan fingerprint density at radius 3 is 2.34 bits per heavy atom. The maximum absolute atomic E-state index is 13.7. The number of carbonyl (C=O) groups is 2. The summed E-state index contributed by atoms with van der Waals surface area (Å²) in [6.07, 6.45) is 0.869. The van der Waals surface area contributed by atoms with E-state index in [1.54, 1.807) is 24.3 Å². The Bertz CT molecular complexity index is 1500. The molecular weight excluding hydrogens is 560 g/mol. The summed E-state index contributed by atoms with van der Waals surface area (Å²) in [5.74, 6) is -1.96. The summed E-state index contributed by atoms with van der Waals surface area (Å²) in [7, 11) is 0. The second-order valence-corrected chi connectivity index (χ2v) is 16.7. The van der Waals surface area contributed by atoms with Crippen molar-refractivity contribution in [3.8, 4) is 0 Å². The van der Waals surface area contributed by atoms with Crippen LogP contribution in [-0.4, -0.2) is 73.4 Å². The highest BCUT2D eigenvalue weighted by atomic mass is 16.7. The Kier molecular flexibility index (Phi) is 5.49. The summed E-state index contributed by atoms with van der Waals surface area (Å²) in [6, 6.07) is 8.91. The summed E-state index contributed by atoms with van der Waals surface area (Å²) < 4.78 is 13.3. The van der Waals surface area contributed by atoms with E-state index < -0.39 is 80.7 Å². The summed E-state index contributed by atoms with van der Waals surface area (Å²) in [5, 5.41) is 47.9. The normalized spacial score (nSPS) is 56.0. The first-order valence-electron chi connectivity index (χ1n) is 16.5. The van der Waals surface area contributed by atoms with Gasteiger partial charge in [0.25, 0.3) is 0 Å². The predicted octanol–water partition coefficient (Wildman–Crippen LogP) is 3.59. The number of hydrogen-bond acceptors (Lipinski definition) is 8. The quantitative estimate of drug-likeness (QED) is 0.228. The number of aliphatic hydroxyl groups is 4. The average molecular weight is 607 g/mol. The maximum atomic E-state index is 13.7. The third-order valence-corrected chi connectivity index (χ3v) is 14.9. The topological polar surface area (TPSA) is 137 Å². The molecule has 6 aliphatic carbocycles.